The average molecular weight is 645 g/mol. The third kappa shape index (κ3) is 10.6. The second kappa shape index (κ2) is 14.5. The van der Waals surface area contributed by atoms with Crippen molar-refractivity contribution in [1.82, 2.24) is 10.2 Å². The highest BCUT2D eigenvalue weighted by molar-refractivity contribution is 5.87. The molecule has 0 aromatic heterocycles. The van der Waals surface area contributed by atoms with Crippen LogP contribution in [-0.2, 0) is 16.1 Å². The lowest BCUT2D eigenvalue weighted by molar-refractivity contribution is -0.193. The van der Waals surface area contributed by atoms with Gasteiger partial charge in [0.05, 0.1) is 5.56 Å². The highest BCUT2D eigenvalue weighted by Crippen LogP contribution is 2.50. The van der Waals surface area contributed by atoms with Crippen molar-refractivity contribution in [2.24, 2.45) is 11.3 Å². The highest BCUT2D eigenvalue weighted by atomic mass is 19.4. The van der Waals surface area contributed by atoms with Crippen molar-refractivity contribution in [2.75, 3.05) is 13.1 Å². The molecular formula is C31H34F6N2O6. The molecule has 2 aromatic rings. The van der Waals surface area contributed by atoms with Gasteiger partial charge in [0.2, 0.25) is 0 Å². The normalized spacial score (nSPS) is 20.8. The minimum Gasteiger partial charge on any atom is -0.478 e. The molecule has 3 fully saturated rings. The third-order valence-corrected chi connectivity index (χ3v) is 7.85. The molecule has 2 aliphatic carbocycles. The highest BCUT2D eigenvalue weighted by Gasteiger charge is 2.53. The lowest BCUT2D eigenvalue weighted by atomic mass is 9.60. The van der Waals surface area contributed by atoms with E-state index in [1.54, 1.807) is 17.7 Å². The lowest BCUT2D eigenvalue weighted by Crippen LogP contribution is -2.65. The van der Waals surface area contributed by atoms with Gasteiger partial charge >= 0.3 is 30.3 Å². The van der Waals surface area contributed by atoms with Gasteiger partial charge in [0.15, 0.2) is 0 Å². The molecule has 0 radical (unpaired) electrons. The Kier molecular flexibility index (Phi) is 11.4. The maximum atomic E-state index is 11.0. The first-order valence-corrected chi connectivity index (χ1v) is 14.1. The number of rotatable bonds is 8. The minimum atomic E-state index is -5.08. The summed E-state index contributed by atoms with van der Waals surface area (Å²) in [6.45, 7) is 5.55. The first-order valence-electron chi connectivity index (χ1n) is 14.1. The van der Waals surface area contributed by atoms with Crippen LogP contribution in [0.15, 0.2) is 60.2 Å². The van der Waals surface area contributed by atoms with E-state index in [1.165, 1.54) is 43.5 Å². The number of halogens is 6. The van der Waals surface area contributed by atoms with Gasteiger partial charge in [-0.25, -0.2) is 14.4 Å². The quantitative estimate of drug-likeness (QED) is 0.255. The van der Waals surface area contributed by atoms with Crippen LogP contribution < -0.4 is 5.32 Å². The van der Waals surface area contributed by atoms with E-state index in [-0.39, 0.29) is 0 Å². The summed E-state index contributed by atoms with van der Waals surface area (Å²) in [6, 6.07) is 19.3. The predicted octanol–water partition coefficient (Wildman–Crippen LogP) is 6.09. The van der Waals surface area contributed by atoms with Crippen LogP contribution in [0, 0.1) is 11.3 Å². The van der Waals surface area contributed by atoms with E-state index in [9.17, 15) is 31.1 Å². The number of likely N-dealkylation sites (tertiary alicyclic amines) is 1. The van der Waals surface area contributed by atoms with Gasteiger partial charge in [-0.3, -0.25) is 4.90 Å². The monoisotopic (exact) mass is 644 g/mol. The molecule has 3 aliphatic rings. The molecule has 2 atom stereocenters. The molecule has 8 nitrogen and oxygen atoms in total. The molecule has 0 unspecified atom stereocenters. The zero-order chi connectivity index (χ0) is 33.6. The molecule has 4 N–H and O–H groups in total. The fourth-order valence-electron chi connectivity index (χ4n) is 5.71. The lowest BCUT2D eigenvalue weighted by Gasteiger charge is -2.59. The van der Waals surface area contributed by atoms with E-state index >= 15 is 0 Å². The van der Waals surface area contributed by atoms with Crippen molar-refractivity contribution >= 4 is 24.0 Å². The largest absolute Gasteiger partial charge is 0.490 e. The number of aromatic carboxylic acids is 1. The standard InChI is InChI=1S/C27H32N2O2.2C2HF3O2/c1-2-21(12-19-6-4-3-5-7-19)24-13-25(24)28-23-14-27(15-23)17-29(18-27)16-20-8-10-22(11-9-20)26(30)31;2*3-2(4,5)1(6)7/h3-12,23-25,28H,2,13-18H2,1H3,(H,30,31);2*(H,6,7)/b21-12+;;/t24-,25+;;/m0../s1. The molecule has 1 spiro atoms. The summed E-state index contributed by atoms with van der Waals surface area (Å²) >= 11 is 0. The molecule has 0 amide bonds. The molecule has 1 aliphatic heterocycles. The number of aliphatic carboxylic acids is 2. The van der Waals surface area contributed by atoms with E-state index in [1.807, 2.05) is 12.1 Å². The number of hydrogen-bond donors (Lipinski definition) is 4. The number of carboxylic acids is 3. The van der Waals surface area contributed by atoms with E-state index in [0.29, 0.717) is 29.0 Å². The average Bonchev–Trinajstić information content (AvgIpc) is 3.68. The molecule has 0 bridgehead atoms. The Morgan fingerprint density at radius 1 is 0.889 bits per heavy atom. The summed E-state index contributed by atoms with van der Waals surface area (Å²) in [4.78, 5) is 31.3. The van der Waals surface area contributed by atoms with Crippen LogP contribution in [0.4, 0.5) is 26.3 Å². The van der Waals surface area contributed by atoms with Crippen molar-refractivity contribution in [1.29, 1.82) is 0 Å². The molecule has 1 heterocycles. The van der Waals surface area contributed by atoms with Crippen molar-refractivity contribution < 1.29 is 56.0 Å². The first kappa shape index (κ1) is 35.6. The van der Waals surface area contributed by atoms with Crippen LogP contribution in [0.3, 0.4) is 0 Å². The van der Waals surface area contributed by atoms with E-state index < -0.39 is 30.3 Å². The van der Waals surface area contributed by atoms with Crippen LogP contribution in [-0.4, -0.2) is 75.7 Å². The van der Waals surface area contributed by atoms with Gasteiger partial charge in [0.1, 0.15) is 0 Å². The van der Waals surface area contributed by atoms with Crippen LogP contribution >= 0.6 is 0 Å². The first-order chi connectivity index (χ1) is 20.9. The summed E-state index contributed by atoms with van der Waals surface area (Å²) in [5.41, 5.74) is 4.99. The van der Waals surface area contributed by atoms with Gasteiger partial charge in [-0.05, 0) is 60.3 Å². The van der Waals surface area contributed by atoms with Crippen LogP contribution in [0.5, 0.6) is 0 Å². The van der Waals surface area contributed by atoms with E-state index in [4.69, 9.17) is 24.9 Å². The Balaban J connectivity index is 0.000000331. The zero-order valence-corrected chi connectivity index (χ0v) is 24.2. The molecular weight excluding hydrogens is 610 g/mol. The molecule has 5 rings (SSSR count). The number of benzene rings is 2. The summed E-state index contributed by atoms with van der Waals surface area (Å²) in [6.07, 6.45) is -2.76. The number of nitrogens with one attached hydrogen (secondary N) is 1. The Hall–Kier alpha value is -3.91. The van der Waals surface area contributed by atoms with Gasteiger partial charge in [-0.1, -0.05) is 61.0 Å². The minimum absolute atomic E-state index is 0.361. The van der Waals surface area contributed by atoms with Crippen molar-refractivity contribution in [2.45, 2.75) is 63.6 Å². The molecule has 45 heavy (non-hydrogen) atoms. The Morgan fingerprint density at radius 2 is 1.40 bits per heavy atom. The zero-order valence-electron chi connectivity index (χ0n) is 24.2. The number of carboxylic acid groups (broad SMARTS) is 3. The summed E-state index contributed by atoms with van der Waals surface area (Å²) < 4.78 is 63.5. The van der Waals surface area contributed by atoms with Gasteiger partial charge < -0.3 is 20.6 Å². The molecule has 246 valence electrons. The predicted molar refractivity (Wildman–Crippen MR) is 151 cm³/mol. The third-order valence-electron chi connectivity index (χ3n) is 7.85. The van der Waals surface area contributed by atoms with Crippen LogP contribution in [0.2, 0.25) is 0 Å². The number of nitrogens with zero attached hydrogens (tertiary/aromatic N) is 1. The van der Waals surface area contributed by atoms with Crippen LogP contribution in [0.1, 0.15) is 54.1 Å². The van der Waals surface area contributed by atoms with E-state index in [2.05, 4.69) is 53.5 Å². The number of hydrogen-bond acceptors (Lipinski definition) is 5. The van der Waals surface area contributed by atoms with Gasteiger partial charge in [-0.15, -0.1) is 0 Å². The Morgan fingerprint density at radius 3 is 1.84 bits per heavy atom. The number of alkyl halides is 6. The molecule has 1 saturated heterocycles. The Labute approximate surface area is 255 Å². The van der Waals surface area contributed by atoms with Crippen molar-refractivity contribution in [3.05, 3.63) is 76.9 Å². The fourth-order valence-corrected chi connectivity index (χ4v) is 5.71. The van der Waals surface area contributed by atoms with Gasteiger partial charge in [0, 0.05) is 31.7 Å². The van der Waals surface area contributed by atoms with Crippen molar-refractivity contribution in [3.63, 3.8) is 0 Å². The molecule has 2 saturated carbocycles. The van der Waals surface area contributed by atoms with Gasteiger partial charge in [-0.2, -0.15) is 26.3 Å². The maximum Gasteiger partial charge on any atom is 0.490 e. The summed E-state index contributed by atoms with van der Waals surface area (Å²) in [5, 5.41) is 27.2. The molecule has 14 heteroatoms. The smallest absolute Gasteiger partial charge is 0.478 e. The second-order valence-electron chi connectivity index (χ2n) is 11.5. The molecule has 2 aromatic carbocycles. The maximum absolute atomic E-state index is 11.0. The second-order valence-corrected chi connectivity index (χ2v) is 11.5. The van der Waals surface area contributed by atoms with E-state index in [0.717, 1.165) is 13.0 Å². The summed E-state index contributed by atoms with van der Waals surface area (Å²) in [5.74, 6) is -5.66. The fraction of sp³-hybridized carbons (Fsp3) is 0.452. The number of carbonyl (C=O) groups is 3. The SMILES string of the molecule is CC/C(=C\c1ccccc1)[C@@H]1C[C@H]1NC1CC2(C1)CN(Cc1ccc(C(=O)O)cc1)C2.O=C(O)C(F)(F)F.O=C(O)C(F)(F)F. The van der Waals surface area contributed by atoms with Gasteiger partial charge in [0.25, 0.3) is 0 Å². The van der Waals surface area contributed by atoms with Crippen molar-refractivity contribution in [3.8, 4) is 0 Å². The topological polar surface area (TPSA) is 127 Å². The Bertz CT molecular complexity index is 1320. The summed E-state index contributed by atoms with van der Waals surface area (Å²) in [7, 11) is 0. The van der Waals surface area contributed by atoms with Crippen LogP contribution in [0.25, 0.3) is 6.08 Å².